The van der Waals surface area contributed by atoms with Gasteiger partial charge in [0.15, 0.2) is 0 Å². The number of anilines is 1. The first kappa shape index (κ1) is 14.9. The van der Waals surface area contributed by atoms with Crippen molar-refractivity contribution in [1.29, 1.82) is 0 Å². The molecule has 3 aromatic rings. The second-order valence-corrected chi connectivity index (χ2v) is 6.52. The Balaban J connectivity index is 1.68. The maximum absolute atomic E-state index is 12.1. The van der Waals surface area contributed by atoms with Gasteiger partial charge in [-0.15, -0.1) is 11.3 Å². The molecule has 0 bridgehead atoms. The molecule has 0 spiro atoms. The number of amides is 1. The summed E-state index contributed by atoms with van der Waals surface area (Å²) in [5, 5.41) is 5.83. The summed E-state index contributed by atoms with van der Waals surface area (Å²) in [7, 11) is 0. The number of nitrogens with zero attached hydrogens (tertiary/aromatic N) is 1. The molecule has 0 saturated carbocycles. The van der Waals surface area contributed by atoms with E-state index in [9.17, 15) is 4.79 Å². The van der Waals surface area contributed by atoms with E-state index in [0.717, 1.165) is 26.2 Å². The van der Waals surface area contributed by atoms with Crippen molar-refractivity contribution in [1.82, 2.24) is 4.98 Å². The van der Waals surface area contributed by atoms with Gasteiger partial charge in [0.1, 0.15) is 0 Å². The highest BCUT2D eigenvalue weighted by atomic mass is 79.9. The molecule has 0 aliphatic heterocycles. The summed E-state index contributed by atoms with van der Waals surface area (Å²) < 4.78 is 0.953. The van der Waals surface area contributed by atoms with E-state index in [2.05, 4.69) is 26.2 Å². The molecule has 0 aliphatic rings. The van der Waals surface area contributed by atoms with Crippen LogP contribution in [0.4, 0.5) is 5.00 Å². The highest BCUT2D eigenvalue weighted by Crippen LogP contribution is 2.28. The molecule has 0 fully saturated rings. The molecule has 5 heteroatoms. The average molecular weight is 373 g/mol. The van der Waals surface area contributed by atoms with Crippen molar-refractivity contribution in [3.8, 4) is 11.1 Å². The van der Waals surface area contributed by atoms with Gasteiger partial charge < -0.3 is 5.32 Å². The number of hydrogen-bond acceptors (Lipinski definition) is 3. The summed E-state index contributed by atoms with van der Waals surface area (Å²) in [6.45, 7) is 0. The standard InChI is InChI=1S/C17H13BrN2OS/c18-15-4-2-1-3-13(15)9-16(21)20-17-10-14(11-22-17)12-5-7-19-8-6-12/h1-8,10-11H,9H2,(H,20,21). The summed E-state index contributed by atoms with van der Waals surface area (Å²) >= 11 is 4.98. The molecule has 1 N–H and O–H groups in total. The Morgan fingerprint density at radius 2 is 1.91 bits per heavy atom. The summed E-state index contributed by atoms with van der Waals surface area (Å²) in [5.41, 5.74) is 3.16. The fourth-order valence-corrected chi connectivity index (χ4v) is 3.34. The van der Waals surface area contributed by atoms with Crippen LogP contribution in [0.1, 0.15) is 5.56 Å². The first-order valence-corrected chi connectivity index (χ1v) is 8.42. The molecular formula is C17H13BrN2OS. The maximum Gasteiger partial charge on any atom is 0.229 e. The van der Waals surface area contributed by atoms with E-state index in [4.69, 9.17) is 0 Å². The summed E-state index contributed by atoms with van der Waals surface area (Å²) in [4.78, 5) is 16.2. The molecule has 3 nitrogen and oxygen atoms in total. The largest absolute Gasteiger partial charge is 0.317 e. The molecule has 1 aromatic carbocycles. The third-order valence-corrected chi connectivity index (χ3v) is 4.80. The van der Waals surface area contributed by atoms with Crippen molar-refractivity contribution < 1.29 is 4.79 Å². The van der Waals surface area contributed by atoms with E-state index in [-0.39, 0.29) is 5.91 Å². The summed E-state index contributed by atoms with van der Waals surface area (Å²) in [5.74, 6) is -0.0185. The van der Waals surface area contributed by atoms with E-state index in [0.29, 0.717) is 6.42 Å². The lowest BCUT2D eigenvalue weighted by molar-refractivity contribution is -0.115. The second-order valence-electron chi connectivity index (χ2n) is 4.75. The van der Waals surface area contributed by atoms with Crippen LogP contribution < -0.4 is 5.32 Å². The first-order valence-electron chi connectivity index (χ1n) is 6.74. The zero-order valence-corrected chi connectivity index (χ0v) is 14.0. The summed E-state index contributed by atoms with van der Waals surface area (Å²) in [6, 6.07) is 13.6. The van der Waals surface area contributed by atoms with E-state index in [1.807, 2.05) is 47.8 Å². The molecule has 2 heterocycles. The predicted octanol–water partition coefficient (Wildman–Crippen LogP) is 4.75. The van der Waals surface area contributed by atoms with Gasteiger partial charge in [-0.1, -0.05) is 34.1 Å². The lowest BCUT2D eigenvalue weighted by atomic mass is 10.1. The first-order chi connectivity index (χ1) is 10.7. The van der Waals surface area contributed by atoms with Crippen LogP contribution in [0.5, 0.6) is 0 Å². The van der Waals surface area contributed by atoms with Gasteiger partial charge in [-0.2, -0.15) is 0 Å². The molecule has 0 atom stereocenters. The van der Waals surface area contributed by atoms with E-state index < -0.39 is 0 Å². The van der Waals surface area contributed by atoms with Gasteiger partial charge in [0.2, 0.25) is 5.91 Å². The van der Waals surface area contributed by atoms with Crippen LogP contribution >= 0.6 is 27.3 Å². The van der Waals surface area contributed by atoms with Crippen molar-refractivity contribution in [2.45, 2.75) is 6.42 Å². The van der Waals surface area contributed by atoms with Gasteiger partial charge in [0.05, 0.1) is 11.4 Å². The van der Waals surface area contributed by atoms with Crippen LogP contribution in [0.2, 0.25) is 0 Å². The van der Waals surface area contributed by atoms with Gasteiger partial charge in [0.25, 0.3) is 0 Å². The Morgan fingerprint density at radius 3 is 2.68 bits per heavy atom. The Labute approximate surface area is 141 Å². The molecule has 0 unspecified atom stereocenters. The number of halogens is 1. The number of rotatable bonds is 4. The number of benzene rings is 1. The summed E-state index contributed by atoms with van der Waals surface area (Å²) in [6.07, 6.45) is 3.88. The Morgan fingerprint density at radius 1 is 1.14 bits per heavy atom. The minimum Gasteiger partial charge on any atom is -0.317 e. The maximum atomic E-state index is 12.1. The second kappa shape index (κ2) is 6.85. The highest BCUT2D eigenvalue weighted by Gasteiger charge is 2.09. The quantitative estimate of drug-likeness (QED) is 0.717. The number of nitrogens with one attached hydrogen (secondary N) is 1. The van der Waals surface area contributed by atoms with Crippen LogP contribution in [0.25, 0.3) is 11.1 Å². The predicted molar refractivity (Wildman–Crippen MR) is 94.0 cm³/mol. The average Bonchev–Trinajstić information content (AvgIpc) is 2.99. The Bertz CT molecular complexity index is 786. The van der Waals surface area contributed by atoms with Gasteiger partial charge in [-0.3, -0.25) is 9.78 Å². The minimum absolute atomic E-state index is 0.0185. The molecule has 110 valence electrons. The topological polar surface area (TPSA) is 42.0 Å². The van der Waals surface area contributed by atoms with Crippen LogP contribution in [-0.4, -0.2) is 10.9 Å². The number of carbonyl (C=O) groups excluding carboxylic acids is 1. The van der Waals surface area contributed by atoms with E-state index in [1.165, 1.54) is 11.3 Å². The van der Waals surface area contributed by atoms with Crippen molar-refractivity contribution in [3.63, 3.8) is 0 Å². The molecule has 0 saturated heterocycles. The van der Waals surface area contributed by atoms with Crippen molar-refractivity contribution in [2.24, 2.45) is 0 Å². The lowest BCUT2D eigenvalue weighted by Crippen LogP contribution is -2.13. The van der Waals surface area contributed by atoms with Crippen molar-refractivity contribution in [2.75, 3.05) is 5.32 Å². The lowest BCUT2D eigenvalue weighted by Gasteiger charge is -2.04. The highest BCUT2D eigenvalue weighted by molar-refractivity contribution is 9.10. The number of thiophene rings is 1. The van der Waals surface area contributed by atoms with Gasteiger partial charge in [0, 0.05) is 22.2 Å². The number of hydrogen-bond donors (Lipinski definition) is 1. The molecule has 3 rings (SSSR count). The molecule has 22 heavy (non-hydrogen) atoms. The fraction of sp³-hybridized carbons (Fsp3) is 0.0588. The zero-order valence-electron chi connectivity index (χ0n) is 11.6. The van der Waals surface area contributed by atoms with Crippen LogP contribution in [0.15, 0.2) is 64.7 Å². The smallest absolute Gasteiger partial charge is 0.229 e. The van der Waals surface area contributed by atoms with Crippen LogP contribution in [0, 0.1) is 0 Å². The number of aromatic nitrogens is 1. The minimum atomic E-state index is -0.0185. The Hall–Kier alpha value is -1.98. The normalized spacial score (nSPS) is 10.4. The van der Waals surface area contributed by atoms with Crippen molar-refractivity contribution >= 4 is 38.2 Å². The van der Waals surface area contributed by atoms with Gasteiger partial charge >= 0.3 is 0 Å². The van der Waals surface area contributed by atoms with E-state index >= 15 is 0 Å². The van der Waals surface area contributed by atoms with Gasteiger partial charge in [-0.25, -0.2) is 0 Å². The molecule has 0 aliphatic carbocycles. The third kappa shape index (κ3) is 3.61. The fourth-order valence-electron chi connectivity index (χ4n) is 2.09. The monoisotopic (exact) mass is 372 g/mol. The number of carbonyl (C=O) groups is 1. The van der Waals surface area contributed by atoms with Crippen molar-refractivity contribution in [3.05, 3.63) is 70.3 Å². The van der Waals surface area contributed by atoms with Gasteiger partial charge in [-0.05, 0) is 41.0 Å². The Kier molecular flexibility index (Phi) is 4.65. The molecular weight excluding hydrogens is 360 g/mol. The SMILES string of the molecule is O=C(Cc1ccccc1Br)Nc1cc(-c2ccncc2)cs1. The molecule has 1 amide bonds. The molecule has 2 aromatic heterocycles. The van der Waals surface area contributed by atoms with E-state index in [1.54, 1.807) is 12.4 Å². The third-order valence-electron chi connectivity index (χ3n) is 3.18. The number of pyridine rings is 1. The zero-order chi connectivity index (χ0) is 15.4. The molecule has 0 radical (unpaired) electrons. The van der Waals surface area contributed by atoms with Crippen LogP contribution in [-0.2, 0) is 11.2 Å². The van der Waals surface area contributed by atoms with Crippen LogP contribution in [0.3, 0.4) is 0 Å².